The lowest BCUT2D eigenvalue weighted by Crippen LogP contribution is -2.33. The van der Waals surface area contributed by atoms with Crippen LogP contribution in [0.15, 0.2) is 17.0 Å². The molecular formula is C13H14F2O4S. The van der Waals surface area contributed by atoms with Crippen molar-refractivity contribution in [3.05, 3.63) is 29.3 Å². The second-order valence-corrected chi connectivity index (χ2v) is 7.09. The first-order chi connectivity index (χ1) is 9.18. The Morgan fingerprint density at radius 2 is 1.65 bits per heavy atom. The zero-order valence-electron chi connectivity index (χ0n) is 10.8. The maximum absolute atomic E-state index is 13.9. The molecule has 1 aliphatic carbocycles. The molecule has 2 rings (SSSR count). The molecule has 1 fully saturated rings. The molecule has 0 bridgehead atoms. The van der Waals surface area contributed by atoms with E-state index in [0.29, 0.717) is 31.9 Å². The van der Waals surface area contributed by atoms with E-state index in [-0.39, 0.29) is 5.56 Å². The summed E-state index contributed by atoms with van der Waals surface area (Å²) in [6.07, 6.45) is 2.60. The van der Waals surface area contributed by atoms with Gasteiger partial charge in [-0.05, 0) is 30.5 Å². The average molecular weight is 304 g/mol. The van der Waals surface area contributed by atoms with Crippen LogP contribution in [0.5, 0.6) is 0 Å². The minimum atomic E-state index is -4.04. The number of sulfone groups is 1. The van der Waals surface area contributed by atoms with E-state index in [1.807, 2.05) is 0 Å². The molecule has 0 atom stereocenters. The molecule has 110 valence electrons. The van der Waals surface area contributed by atoms with Crippen LogP contribution in [0.1, 0.15) is 31.2 Å². The van der Waals surface area contributed by atoms with Crippen LogP contribution in [0.3, 0.4) is 0 Å². The van der Waals surface area contributed by atoms with Gasteiger partial charge in [-0.15, -0.1) is 0 Å². The number of halogens is 2. The molecule has 0 saturated heterocycles. The Labute approximate surface area is 115 Å². The first kappa shape index (κ1) is 14.9. The Morgan fingerprint density at radius 1 is 1.20 bits per heavy atom. The number of carboxylic acids is 1. The summed E-state index contributed by atoms with van der Waals surface area (Å²) in [4.78, 5) is 10.5. The molecule has 4 nitrogen and oxygen atoms in total. The van der Waals surface area contributed by atoms with Crippen molar-refractivity contribution in [2.45, 2.75) is 36.0 Å². The second kappa shape index (κ2) is 4.80. The van der Waals surface area contributed by atoms with Crippen LogP contribution in [0.2, 0.25) is 0 Å². The Balaban J connectivity index is 2.64. The van der Waals surface area contributed by atoms with Crippen LogP contribution in [0.25, 0.3) is 0 Å². The van der Waals surface area contributed by atoms with Crippen molar-refractivity contribution in [2.24, 2.45) is 0 Å². The molecule has 1 N–H and O–H groups in total. The van der Waals surface area contributed by atoms with Gasteiger partial charge in [-0.1, -0.05) is 12.8 Å². The summed E-state index contributed by atoms with van der Waals surface area (Å²) in [5, 5.41) is 9.36. The highest BCUT2D eigenvalue weighted by Crippen LogP contribution is 2.42. The first-order valence-electron chi connectivity index (χ1n) is 6.11. The molecule has 0 amide bonds. The Kier molecular flexibility index (Phi) is 3.58. The van der Waals surface area contributed by atoms with Crippen molar-refractivity contribution < 1.29 is 27.1 Å². The lowest BCUT2D eigenvalue weighted by atomic mass is 9.79. The number of benzene rings is 1. The number of carboxylic acid groups (broad SMARTS) is 1. The summed E-state index contributed by atoms with van der Waals surface area (Å²) in [5.74, 6) is -3.62. The van der Waals surface area contributed by atoms with Gasteiger partial charge in [0.25, 0.3) is 0 Å². The molecule has 7 heteroatoms. The molecular weight excluding hydrogens is 290 g/mol. The third-order valence-electron chi connectivity index (χ3n) is 3.79. The van der Waals surface area contributed by atoms with E-state index < -0.39 is 37.8 Å². The smallest absolute Gasteiger partial charge is 0.314 e. The Hall–Kier alpha value is -1.50. The van der Waals surface area contributed by atoms with Crippen LogP contribution in [-0.4, -0.2) is 25.7 Å². The summed E-state index contributed by atoms with van der Waals surface area (Å²) in [7, 11) is -4.04. The van der Waals surface area contributed by atoms with Gasteiger partial charge in [0.05, 0.1) is 5.41 Å². The first-order valence-corrected chi connectivity index (χ1v) is 8.00. The predicted octanol–water partition coefficient (Wildman–Crippen LogP) is 2.26. The standard InChI is InChI=1S/C13H14F2O4S/c1-20(18,19)11-9(14)6-8(7-10(11)15)13(12(16)17)4-2-3-5-13/h6-7H,2-5H2,1H3,(H,16,17). The quantitative estimate of drug-likeness (QED) is 0.930. The normalized spacial score (nSPS) is 18.1. The highest BCUT2D eigenvalue weighted by molar-refractivity contribution is 7.90. The second-order valence-electron chi connectivity index (χ2n) is 5.14. The van der Waals surface area contributed by atoms with Crippen LogP contribution < -0.4 is 0 Å². The molecule has 0 radical (unpaired) electrons. The highest BCUT2D eigenvalue weighted by Gasteiger charge is 2.44. The van der Waals surface area contributed by atoms with E-state index in [0.717, 1.165) is 12.1 Å². The topological polar surface area (TPSA) is 71.4 Å². The zero-order valence-corrected chi connectivity index (χ0v) is 11.6. The average Bonchev–Trinajstić information content (AvgIpc) is 2.75. The van der Waals surface area contributed by atoms with Gasteiger partial charge in [0.1, 0.15) is 16.5 Å². The minimum absolute atomic E-state index is 0.00935. The van der Waals surface area contributed by atoms with Gasteiger partial charge in [0.2, 0.25) is 0 Å². The summed E-state index contributed by atoms with van der Waals surface area (Å²) in [6, 6.07) is 1.66. The molecule has 0 unspecified atom stereocenters. The molecule has 20 heavy (non-hydrogen) atoms. The van der Waals surface area contributed by atoms with Gasteiger partial charge in [0, 0.05) is 6.26 Å². The van der Waals surface area contributed by atoms with E-state index in [1.165, 1.54) is 0 Å². The predicted molar refractivity (Wildman–Crippen MR) is 67.2 cm³/mol. The van der Waals surface area contributed by atoms with E-state index >= 15 is 0 Å². The fraction of sp³-hybridized carbons (Fsp3) is 0.462. The maximum Gasteiger partial charge on any atom is 0.314 e. The molecule has 1 saturated carbocycles. The monoisotopic (exact) mass is 304 g/mol. The molecule has 0 aromatic heterocycles. The SMILES string of the molecule is CS(=O)(=O)c1c(F)cc(C2(C(=O)O)CCCC2)cc1F. The third-order valence-corrected chi connectivity index (χ3v) is 4.92. The van der Waals surface area contributed by atoms with Gasteiger partial charge in [-0.2, -0.15) is 0 Å². The number of carbonyl (C=O) groups is 1. The lowest BCUT2D eigenvalue weighted by Gasteiger charge is -2.24. The Bertz CT molecular complexity index is 638. The highest BCUT2D eigenvalue weighted by atomic mass is 32.2. The van der Waals surface area contributed by atoms with E-state index in [4.69, 9.17) is 0 Å². The van der Waals surface area contributed by atoms with Crippen molar-refractivity contribution in [1.82, 2.24) is 0 Å². The van der Waals surface area contributed by atoms with Crippen LogP contribution in [0, 0.1) is 11.6 Å². The van der Waals surface area contributed by atoms with Crippen LogP contribution in [-0.2, 0) is 20.0 Å². The van der Waals surface area contributed by atoms with E-state index in [1.54, 1.807) is 0 Å². The van der Waals surface area contributed by atoms with E-state index in [9.17, 15) is 27.1 Å². The summed E-state index contributed by atoms with van der Waals surface area (Å²) < 4.78 is 50.4. The van der Waals surface area contributed by atoms with Gasteiger partial charge >= 0.3 is 5.97 Å². The van der Waals surface area contributed by atoms with Crippen LogP contribution in [0.4, 0.5) is 8.78 Å². The van der Waals surface area contributed by atoms with Crippen molar-refractivity contribution in [2.75, 3.05) is 6.26 Å². The maximum atomic E-state index is 13.9. The van der Waals surface area contributed by atoms with Gasteiger partial charge < -0.3 is 5.11 Å². The number of hydrogen-bond donors (Lipinski definition) is 1. The van der Waals surface area contributed by atoms with Crippen molar-refractivity contribution in [3.8, 4) is 0 Å². The third kappa shape index (κ3) is 2.30. The molecule has 1 aliphatic rings. The summed E-state index contributed by atoms with van der Waals surface area (Å²) >= 11 is 0. The summed E-state index contributed by atoms with van der Waals surface area (Å²) in [6.45, 7) is 0. The van der Waals surface area contributed by atoms with Crippen molar-refractivity contribution in [3.63, 3.8) is 0 Å². The molecule has 1 aromatic carbocycles. The fourth-order valence-corrected chi connectivity index (χ4v) is 3.62. The molecule has 1 aromatic rings. The van der Waals surface area contributed by atoms with Gasteiger partial charge in [-0.3, -0.25) is 4.79 Å². The zero-order chi connectivity index (χ0) is 15.1. The number of hydrogen-bond acceptors (Lipinski definition) is 3. The molecule has 0 spiro atoms. The van der Waals surface area contributed by atoms with Gasteiger partial charge in [0.15, 0.2) is 9.84 Å². The largest absolute Gasteiger partial charge is 0.481 e. The van der Waals surface area contributed by atoms with Crippen molar-refractivity contribution >= 4 is 15.8 Å². The number of rotatable bonds is 3. The van der Waals surface area contributed by atoms with Crippen molar-refractivity contribution in [1.29, 1.82) is 0 Å². The summed E-state index contributed by atoms with van der Waals surface area (Å²) in [5.41, 5.74) is -1.33. The molecule has 0 heterocycles. The number of aliphatic carboxylic acids is 1. The minimum Gasteiger partial charge on any atom is -0.481 e. The fourth-order valence-electron chi connectivity index (χ4n) is 2.79. The van der Waals surface area contributed by atoms with Crippen LogP contribution >= 0.6 is 0 Å². The van der Waals surface area contributed by atoms with Gasteiger partial charge in [-0.25, -0.2) is 17.2 Å². The van der Waals surface area contributed by atoms with E-state index in [2.05, 4.69) is 0 Å². The Morgan fingerprint density at radius 3 is 2.00 bits per heavy atom. The lowest BCUT2D eigenvalue weighted by molar-refractivity contribution is -0.143. The molecule has 0 aliphatic heterocycles.